The summed E-state index contributed by atoms with van der Waals surface area (Å²) in [6.07, 6.45) is 0. The number of hydrogen-bond acceptors (Lipinski definition) is 0. The van der Waals surface area contributed by atoms with E-state index in [-0.39, 0.29) is 0 Å². The molecule has 0 amide bonds. The molecule has 0 radical (unpaired) electrons. The second kappa shape index (κ2) is 7.49. The largest absolute Gasteiger partial charge is 0.0610 e. The second-order valence-corrected chi connectivity index (χ2v) is 11.9. The molecule has 0 nitrogen and oxygen atoms in total. The summed E-state index contributed by atoms with van der Waals surface area (Å²) in [5, 5.41) is 13.9. The van der Waals surface area contributed by atoms with Crippen molar-refractivity contribution < 1.29 is 0 Å². The van der Waals surface area contributed by atoms with Gasteiger partial charge in [-0.1, -0.05) is 102 Å². The summed E-state index contributed by atoms with van der Waals surface area (Å²) in [4.78, 5) is 0. The van der Waals surface area contributed by atoms with Crippen molar-refractivity contribution >= 4 is 53.9 Å². The van der Waals surface area contributed by atoms with Crippen molar-refractivity contribution in [2.45, 2.75) is 27.7 Å². The number of aryl methyl sites for hydroxylation is 4. The molecule has 188 valence electrons. The SMILES string of the molecule is Cc1ccc(-c2c3cccc4c3c3c5c-4cc(-c4c(C)cc(C)cc4C)c4cccc(c6cccc2c63)c45)cc1. The standard InChI is InChI=1S/C40H28/c1-21-14-16-25(17-15-21)35-30-12-6-9-27-26-8-5-10-28-32(34-23(3)18-22(2)19-24(34)4)20-33-29-11-7-13-31(35)38(29)40(37(27)30)39(33)36(26)28/h5-20H,1-4H3. The van der Waals surface area contributed by atoms with E-state index in [2.05, 4.69) is 125 Å². The number of benzene rings is 8. The summed E-state index contributed by atoms with van der Waals surface area (Å²) in [5.74, 6) is 0. The van der Waals surface area contributed by atoms with Crippen molar-refractivity contribution in [3.63, 3.8) is 0 Å². The van der Waals surface area contributed by atoms with E-state index < -0.39 is 0 Å². The Balaban J connectivity index is 1.56. The van der Waals surface area contributed by atoms with Crippen LogP contribution >= 0.6 is 0 Å². The third-order valence-electron chi connectivity index (χ3n) is 9.45. The number of rotatable bonds is 2. The highest BCUT2D eigenvalue weighted by Gasteiger charge is 2.29. The maximum atomic E-state index is 2.51. The fraction of sp³-hybridized carbons (Fsp3) is 0.100. The molecule has 0 unspecified atom stereocenters. The van der Waals surface area contributed by atoms with Gasteiger partial charge in [0.25, 0.3) is 0 Å². The molecule has 0 heterocycles. The Labute approximate surface area is 233 Å². The van der Waals surface area contributed by atoms with E-state index in [9.17, 15) is 0 Å². The highest BCUT2D eigenvalue weighted by molar-refractivity contribution is 6.47. The minimum atomic E-state index is 1.29. The first kappa shape index (κ1) is 22.2. The average molecular weight is 509 g/mol. The maximum Gasteiger partial charge on any atom is -0.000115 e. The van der Waals surface area contributed by atoms with Gasteiger partial charge in [-0.05, 0) is 132 Å². The van der Waals surface area contributed by atoms with Gasteiger partial charge in [-0.15, -0.1) is 0 Å². The molecule has 0 spiro atoms. The summed E-state index contributed by atoms with van der Waals surface area (Å²) in [5.41, 5.74) is 13.4. The van der Waals surface area contributed by atoms with Crippen LogP contribution in [0.4, 0.5) is 0 Å². The molecule has 0 atom stereocenters. The molecular formula is C40H28. The van der Waals surface area contributed by atoms with Crippen LogP contribution in [-0.4, -0.2) is 0 Å². The van der Waals surface area contributed by atoms with Gasteiger partial charge in [0.1, 0.15) is 0 Å². The topological polar surface area (TPSA) is 0 Å². The molecule has 40 heavy (non-hydrogen) atoms. The number of fused-ring (bicyclic) bond motifs is 2. The molecule has 0 aromatic heterocycles. The van der Waals surface area contributed by atoms with Crippen LogP contribution in [0.3, 0.4) is 0 Å². The first-order valence-corrected chi connectivity index (χ1v) is 14.3. The molecule has 0 bridgehead atoms. The predicted octanol–water partition coefficient (Wildman–Crippen LogP) is 11.4. The highest BCUT2D eigenvalue weighted by Crippen LogP contribution is 2.57. The third kappa shape index (κ3) is 2.62. The Bertz CT molecular complexity index is 2360. The zero-order valence-corrected chi connectivity index (χ0v) is 23.2. The van der Waals surface area contributed by atoms with E-state index in [4.69, 9.17) is 0 Å². The van der Waals surface area contributed by atoms with Crippen LogP contribution in [0.1, 0.15) is 22.3 Å². The van der Waals surface area contributed by atoms with Crippen LogP contribution in [-0.2, 0) is 0 Å². The van der Waals surface area contributed by atoms with Gasteiger partial charge in [-0.25, -0.2) is 0 Å². The molecule has 9 rings (SSSR count). The second-order valence-electron chi connectivity index (χ2n) is 11.9. The van der Waals surface area contributed by atoms with E-state index in [1.807, 2.05) is 0 Å². The van der Waals surface area contributed by atoms with E-state index in [0.717, 1.165) is 0 Å². The van der Waals surface area contributed by atoms with Gasteiger partial charge in [0, 0.05) is 0 Å². The minimum absolute atomic E-state index is 1.29. The van der Waals surface area contributed by atoms with Gasteiger partial charge in [0.2, 0.25) is 0 Å². The Morgan fingerprint density at radius 3 is 1.62 bits per heavy atom. The number of hydrogen-bond donors (Lipinski definition) is 0. The lowest BCUT2D eigenvalue weighted by atomic mass is 9.83. The normalized spacial score (nSPS) is 12.5. The molecule has 0 fully saturated rings. The van der Waals surface area contributed by atoms with Gasteiger partial charge in [0.15, 0.2) is 0 Å². The fourth-order valence-electron chi connectivity index (χ4n) is 8.04. The molecule has 1 aliphatic rings. The van der Waals surface area contributed by atoms with Crippen LogP contribution in [0.5, 0.6) is 0 Å². The first-order valence-electron chi connectivity index (χ1n) is 14.3. The summed E-state index contributed by atoms with van der Waals surface area (Å²) >= 11 is 0. The monoisotopic (exact) mass is 508 g/mol. The molecule has 8 aromatic carbocycles. The van der Waals surface area contributed by atoms with Crippen LogP contribution in [0.15, 0.2) is 97.1 Å². The molecular weight excluding hydrogens is 480 g/mol. The summed E-state index contributed by atoms with van der Waals surface area (Å²) in [7, 11) is 0. The zero-order chi connectivity index (χ0) is 26.9. The van der Waals surface area contributed by atoms with Crippen molar-refractivity contribution in [1.82, 2.24) is 0 Å². The molecule has 0 aliphatic heterocycles. The fourth-order valence-corrected chi connectivity index (χ4v) is 8.04. The predicted molar refractivity (Wildman–Crippen MR) is 174 cm³/mol. The smallest absolute Gasteiger partial charge is 0.000115 e. The Morgan fingerprint density at radius 2 is 0.925 bits per heavy atom. The van der Waals surface area contributed by atoms with E-state index >= 15 is 0 Å². The lowest BCUT2D eigenvalue weighted by Crippen LogP contribution is -1.94. The Kier molecular flexibility index (Phi) is 4.15. The molecule has 0 saturated heterocycles. The maximum absolute atomic E-state index is 2.51. The summed E-state index contributed by atoms with van der Waals surface area (Å²) in [6, 6.07) is 37.1. The van der Waals surface area contributed by atoms with E-state index in [0.29, 0.717) is 0 Å². The molecule has 1 aliphatic carbocycles. The van der Waals surface area contributed by atoms with Gasteiger partial charge in [-0.3, -0.25) is 0 Å². The van der Waals surface area contributed by atoms with Crippen LogP contribution in [0.25, 0.3) is 87.2 Å². The van der Waals surface area contributed by atoms with Gasteiger partial charge in [-0.2, -0.15) is 0 Å². The van der Waals surface area contributed by atoms with Crippen LogP contribution in [0.2, 0.25) is 0 Å². The lowest BCUT2D eigenvalue weighted by molar-refractivity contribution is 1.32. The average Bonchev–Trinajstić information content (AvgIpc) is 3.29. The van der Waals surface area contributed by atoms with E-state index in [1.54, 1.807) is 0 Å². The summed E-state index contributed by atoms with van der Waals surface area (Å²) in [6.45, 7) is 8.91. The van der Waals surface area contributed by atoms with Crippen LogP contribution in [0, 0.1) is 27.7 Å². The van der Waals surface area contributed by atoms with Crippen molar-refractivity contribution in [2.24, 2.45) is 0 Å². The van der Waals surface area contributed by atoms with Crippen molar-refractivity contribution in [3.05, 3.63) is 119 Å². The van der Waals surface area contributed by atoms with E-state index in [1.165, 1.54) is 109 Å². The minimum Gasteiger partial charge on any atom is -0.0610 e. The van der Waals surface area contributed by atoms with Gasteiger partial charge in [0.05, 0.1) is 0 Å². The molecule has 0 N–H and O–H groups in total. The van der Waals surface area contributed by atoms with Crippen molar-refractivity contribution in [3.8, 4) is 33.4 Å². The van der Waals surface area contributed by atoms with Crippen molar-refractivity contribution in [2.75, 3.05) is 0 Å². The summed E-state index contributed by atoms with van der Waals surface area (Å²) < 4.78 is 0. The third-order valence-corrected chi connectivity index (χ3v) is 9.45. The van der Waals surface area contributed by atoms with Gasteiger partial charge < -0.3 is 0 Å². The molecule has 8 aromatic rings. The quantitative estimate of drug-likeness (QED) is 0.161. The Morgan fingerprint density at radius 1 is 0.350 bits per heavy atom. The van der Waals surface area contributed by atoms with Gasteiger partial charge >= 0.3 is 0 Å². The zero-order valence-electron chi connectivity index (χ0n) is 23.2. The molecule has 0 saturated carbocycles. The Hall–Kier alpha value is -4.68. The van der Waals surface area contributed by atoms with Crippen molar-refractivity contribution in [1.29, 1.82) is 0 Å². The van der Waals surface area contributed by atoms with Crippen LogP contribution < -0.4 is 0 Å². The first-order chi connectivity index (χ1) is 19.5. The molecule has 0 heteroatoms. The highest BCUT2D eigenvalue weighted by atomic mass is 14.3. The lowest BCUT2D eigenvalue weighted by Gasteiger charge is -2.20.